The van der Waals surface area contributed by atoms with Crippen molar-refractivity contribution < 1.29 is 29.6 Å². The monoisotopic (exact) mass is 290 g/mol. The van der Waals surface area contributed by atoms with Gasteiger partial charge in [0.2, 0.25) is 5.91 Å². The maximum atomic E-state index is 11.7. The molecule has 8 nitrogen and oxygen atoms in total. The molecule has 0 aromatic rings. The number of hydrogen-bond acceptors (Lipinski definition) is 6. The molecule has 0 saturated carbocycles. The molecule has 0 spiro atoms. The van der Waals surface area contributed by atoms with Crippen molar-refractivity contribution in [3.63, 3.8) is 0 Å². The van der Waals surface area contributed by atoms with Gasteiger partial charge in [-0.05, 0) is 25.2 Å². The summed E-state index contributed by atoms with van der Waals surface area (Å²) in [5, 5.41) is 29.4. The molecular formula is C12H22N2O6. The Morgan fingerprint density at radius 3 is 2.40 bits per heavy atom. The Morgan fingerprint density at radius 2 is 1.90 bits per heavy atom. The van der Waals surface area contributed by atoms with Gasteiger partial charge in [-0.1, -0.05) is 6.92 Å². The van der Waals surface area contributed by atoms with Crippen LogP contribution in [0.5, 0.6) is 0 Å². The first-order valence-corrected chi connectivity index (χ1v) is 6.49. The zero-order chi connectivity index (χ0) is 15.5. The van der Waals surface area contributed by atoms with Crippen LogP contribution in [0, 0.1) is 5.92 Å². The average Bonchev–Trinajstić information content (AvgIpc) is 2.58. The van der Waals surface area contributed by atoms with Crippen molar-refractivity contribution >= 4 is 11.8 Å². The first-order chi connectivity index (χ1) is 9.22. The highest BCUT2D eigenvalue weighted by molar-refractivity contribution is 5.85. The fourth-order valence-electron chi connectivity index (χ4n) is 2.51. The van der Waals surface area contributed by atoms with E-state index in [1.165, 1.54) is 0 Å². The molecule has 0 radical (unpaired) electrons. The number of hydrogen-bond donors (Lipinski definition) is 5. The van der Waals surface area contributed by atoms with Crippen LogP contribution in [-0.2, 0) is 14.3 Å². The van der Waals surface area contributed by atoms with Gasteiger partial charge in [0.25, 0.3) is 5.91 Å². The second-order valence-electron chi connectivity index (χ2n) is 5.34. The van der Waals surface area contributed by atoms with E-state index in [1.54, 1.807) is 0 Å². The van der Waals surface area contributed by atoms with E-state index < -0.39 is 35.7 Å². The van der Waals surface area contributed by atoms with Crippen molar-refractivity contribution in [1.29, 1.82) is 0 Å². The fraction of sp³-hybridized carbons (Fsp3) is 0.833. The summed E-state index contributed by atoms with van der Waals surface area (Å²) in [5.41, 5.74) is 8.34. The molecule has 1 aliphatic rings. The van der Waals surface area contributed by atoms with Gasteiger partial charge in [0.1, 0.15) is 12.2 Å². The molecule has 0 aromatic carbocycles. The Bertz CT molecular complexity index is 377. The van der Waals surface area contributed by atoms with Gasteiger partial charge in [-0.25, -0.2) is 0 Å². The lowest BCUT2D eigenvalue weighted by Gasteiger charge is -2.38. The van der Waals surface area contributed by atoms with Crippen LogP contribution in [0.1, 0.15) is 26.2 Å². The lowest BCUT2D eigenvalue weighted by atomic mass is 9.81. The minimum Gasteiger partial charge on any atom is -0.387 e. The van der Waals surface area contributed by atoms with Crippen molar-refractivity contribution in [2.45, 2.75) is 50.1 Å². The summed E-state index contributed by atoms with van der Waals surface area (Å²) in [4.78, 5) is 22.6. The summed E-state index contributed by atoms with van der Waals surface area (Å²) in [6.45, 7) is 2.04. The van der Waals surface area contributed by atoms with Crippen molar-refractivity contribution in [3.8, 4) is 0 Å². The zero-order valence-corrected chi connectivity index (χ0v) is 11.4. The van der Waals surface area contributed by atoms with Crippen LogP contribution < -0.4 is 11.5 Å². The number of carbonyl (C=O) groups is 2. The summed E-state index contributed by atoms with van der Waals surface area (Å²) in [5.74, 6) is -2.13. The summed E-state index contributed by atoms with van der Waals surface area (Å²) in [6, 6.07) is 0. The number of aliphatic hydroxyl groups is 3. The average molecular weight is 290 g/mol. The minimum absolute atomic E-state index is 0.0255. The van der Waals surface area contributed by atoms with Crippen molar-refractivity contribution in [2.75, 3.05) is 6.61 Å². The van der Waals surface area contributed by atoms with E-state index in [4.69, 9.17) is 16.2 Å². The van der Waals surface area contributed by atoms with Crippen LogP contribution in [0.3, 0.4) is 0 Å². The third-order valence-electron chi connectivity index (χ3n) is 3.69. The van der Waals surface area contributed by atoms with Crippen molar-refractivity contribution in [3.05, 3.63) is 0 Å². The summed E-state index contributed by atoms with van der Waals surface area (Å²) in [7, 11) is 0. The molecule has 5 atom stereocenters. The SMILES string of the molecule is CC1CCCO[C@@](C(N)=O)([C@@H](O)[C@@H](O)[C@H](O)C(N)=O)C1. The number of amides is 2. The molecule has 1 unspecified atom stereocenters. The molecule has 1 aliphatic heterocycles. The maximum Gasteiger partial charge on any atom is 0.252 e. The summed E-state index contributed by atoms with van der Waals surface area (Å²) in [6.07, 6.45) is -4.27. The van der Waals surface area contributed by atoms with Crippen molar-refractivity contribution in [1.82, 2.24) is 0 Å². The normalized spacial score (nSPS) is 31.9. The first kappa shape index (κ1) is 16.8. The second kappa shape index (κ2) is 6.49. The Hall–Kier alpha value is -1.22. The Morgan fingerprint density at radius 1 is 1.30 bits per heavy atom. The quantitative estimate of drug-likeness (QED) is 0.380. The van der Waals surface area contributed by atoms with Crippen LogP contribution in [0.4, 0.5) is 0 Å². The van der Waals surface area contributed by atoms with Gasteiger partial charge >= 0.3 is 0 Å². The predicted octanol–water partition coefficient (Wildman–Crippen LogP) is -2.38. The molecule has 8 heteroatoms. The van der Waals surface area contributed by atoms with Crippen LogP contribution in [0.25, 0.3) is 0 Å². The third-order valence-corrected chi connectivity index (χ3v) is 3.69. The number of nitrogens with two attached hydrogens (primary N) is 2. The highest BCUT2D eigenvalue weighted by Crippen LogP contribution is 2.33. The maximum absolute atomic E-state index is 11.7. The second-order valence-corrected chi connectivity index (χ2v) is 5.34. The molecule has 0 aromatic heterocycles. The van der Waals surface area contributed by atoms with Gasteiger partial charge in [-0.2, -0.15) is 0 Å². The first-order valence-electron chi connectivity index (χ1n) is 6.49. The number of aliphatic hydroxyl groups excluding tert-OH is 3. The van der Waals surface area contributed by atoms with Crippen LogP contribution in [-0.4, -0.2) is 57.7 Å². The number of rotatable bonds is 5. The molecule has 1 fully saturated rings. The summed E-state index contributed by atoms with van der Waals surface area (Å²) < 4.78 is 5.39. The Labute approximate surface area is 116 Å². The molecule has 2 amide bonds. The number of ether oxygens (including phenoxy) is 1. The highest BCUT2D eigenvalue weighted by Gasteiger charge is 2.51. The van der Waals surface area contributed by atoms with E-state index >= 15 is 0 Å². The van der Waals surface area contributed by atoms with Crippen LogP contribution in [0.2, 0.25) is 0 Å². The van der Waals surface area contributed by atoms with E-state index in [9.17, 15) is 24.9 Å². The topological polar surface area (TPSA) is 156 Å². The third kappa shape index (κ3) is 3.26. The predicted molar refractivity (Wildman–Crippen MR) is 68.1 cm³/mol. The number of carbonyl (C=O) groups excluding carboxylic acids is 2. The van der Waals surface area contributed by atoms with E-state index in [2.05, 4.69) is 0 Å². The van der Waals surface area contributed by atoms with E-state index in [0.29, 0.717) is 6.42 Å². The fourth-order valence-corrected chi connectivity index (χ4v) is 2.51. The largest absolute Gasteiger partial charge is 0.387 e. The molecule has 116 valence electrons. The van der Waals surface area contributed by atoms with Gasteiger partial charge in [-0.15, -0.1) is 0 Å². The van der Waals surface area contributed by atoms with Crippen molar-refractivity contribution in [2.24, 2.45) is 17.4 Å². The van der Waals surface area contributed by atoms with Gasteiger partial charge < -0.3 is 31.5 Å². The van der Waals surface area contributed by atoms with E-state index in [1.807, 2.05) is 6.92 Å². The van der Waals surface area contributed by atoms with Crippen LogP contribution in [0.15, 0.2) is 0 Å². The van der Waals surface area contributed by atoms with Gasteiger partial charge in [0, 0.05) is 6.61 Å². The lowest BCUT2D eigenvalue weighted by Crippen LogP contribution is -2.62. The molecule has 20 heavy (non-hydrogen) atoms. The molecule has 0 aliphatic carbocycles. The number of primary amides is 2. The van der Waals surface area contributed by atoms with E-state index in [-0.39, 0.29) is 18.9 Å². The smallest absolute Gasteiger partial charge is 0.252 e. The van der Waals surface area contributed by atoms with Gasteiger partial charge in [0.15, 0.2) is 11.7 Å². The van der Waals surface area contributed by atoms with E-state index in [0.717, 1.165) is 6.42 Å². The Kier molecular flexibility index (Phi) is 5.46. The molecule has 1 saturated heterocycles. The molecule has 1 rings (SSSR count). The van der Waals surface area contributed by atoms with Gasteiger partial charge in [0.05, 0.1) is 0 Å². The zero-order valence-electron chi connectivity index (χ0n) is 11.4. The lowest BCUT2D eigenvalue weighted by molar-refractivity contribution is -0.189. The Balaban J connectivity index is 3.05. The minimum atomic E-state index is -2.01. The summed E-state index contributed by atoms with van der Waals surface area (Å²) >= 11 is 0. The molecule has 1 heterocycles. The van der Waals surface area contributed by atoms with Gasteiger partial charge in [-0.3, -0.25) is 9.59 Å². The molecule has 7 N–H and O–H groups in total. The van der Waals surface area contributed by atoms with Crippen LogP contribution >= 0.6 is 0 Å². The molecule has 0 bridgehead atoms. The molecular weight excluding hydrogens is 268 g/mol. The standard InChI is InChI=1S/C12H22N2O6/c1-6-3-2-4-20-12(5-6,11(14)19)9(17)7(15)8(16)10(13)18/h6-9,15-17H,2-5H2,1H3,(H2,13,18)(H2,14,19)/t6?,7-,8-,9-,12+/m0/s1. The highest BCUT2D eigenvalue weighted by atomic mass is 16.5.